The van der Waals surface area contributed by atoms with Crippen LogP contribution in [0.1, 0.15) is 42.4 Å². The summed E-state index contributed by atoms with van der Waals surface area (Å²) >= 11 is 12.1. The van der Waals surface area contributed by atoms with E-state index in [0.29, 0.717) is 38.5 Å². The fourth-order valence-electron chi connectivity index (χ4n) is 4.58. The molecule has 0 bridgehead atoms. The molecule has 42 heavy (non-hydrogen) atoms. The van der Waals surface area contributed by atoms with Crippen LogP contribution >= 0.6 is 23.2 Å². The predicted molar refractivity (Wildman–Crippen MR) is 159 cm³/mol. The van der Waals surface area contributed by atoms with Gasteiger partial charge >= 0.3 is 6.09 Å². The van der Waals surface area contributed by atoms with Gasteiger partial charge in [0.05, 0.1) is 44.2 Å². The molecular weight excluding hydrogens is 605 g/mol. The second-order valence-corrected chi connectivity index (χ2v) is 12.8. The van der Waals surface area contributed by atoms with Crippen LogP contribution in [0.2, 0.25) is 10.0 Å². The molecular formula is C28H27Cl2N5O6S. The molecule has 14 heteroatoms. The van der Waals surface area contributed by atoms with Gasteiger partial charge in [-0.15, -0.1) is 0 Å². The van der Waals surface area contributed by atoms with Crippen molar-refractivity contribution in [1.29, 1.82) is 0 Å². The maximum atomic E-state index is 13.8. The molecule has 11 nitrogen and oxygen atoms in total. The van der Waals surface area contributed by atoms with Gasteiger partial charge in [-0.05, 0) is 57.5 Å². The number of nitrogens with zero attached hydrogens (tertiary/aromatic N) is 5. The van der Waals surface area contributed by atoms with Crippen molar-refractivity contribution in [2.45, 2.75) is 44.5 Å². The van der Waals surface area contributed by atoms with E-state index in [0.717, 1.165) is 0 Å². The number of halogens is 2. The van der Waals surface area contributed by atoms with Crippen LogP contribution in [0.3, 0.4) is 0 Å². The number of ether oxygens (including phenoxy) is 1. The molecule has 220 valence electrons. The maximum absolute atomic E-state index is 13.8. The molecule has 3 heterocycles. The first-order valence-electron chi connectivity index (χ1n) is 12.8. The van der Waals surface area contributed by atoms with E-state index in [9.17, 15) is 18.6 Å². The lowest BCUT2D eigenvalue weighted by Gasteiger charge is -2.29. The van der Waals surface area contributed by atoms with E-state index in [1.54, 1.807) is 56.0 Å². The molecule has 0 N–H and O–H groups in total. The molecule has 2 aromatic heterocycles. The molecule has 1 atom stereocenters. The highest BCUT2D eigenvalue weighted by molar-refractivity contribution is 7.84. The molecule has 0 fully saturated rings. The summed E-state index contributed by atoms with van der Waals surface area (Å²) in [7, 11) is -0.145. The standard InChI is InChI=1S/C28H27Cl2N5O6S/c1-28(2,3)40-27(38)33(4)23-18-8-7-16(13-22(18)41-32-23)35-25(37)17-10-11-34(14-21(17)31-26(35)42(5)39)24(36)15-6-9-19(29)20(30)12-15/h6-9,12-13H,10-11,14H2,1-5H3. The average Bonchev–Trinajstić information content (AvgIpc) is 3.35. The molecule has 0 spiro atoms. The first-order chi connectivity index (χ1) is 19.7. The van der Waals surface area contributed by atoms with Gasteiger partial charge in [0.25, 0.3) is 11.5 Å². The SMILES string of the molecule is CN(C(=O)OC(C)(C)C)c1noc2cc(-n3c(S(C)=O)nc4c(c3=O)CCN(C(=O)c3ccc(Cl)c(Cl)c3)C4)ccc12. The molecule has 2 aromatic carbocycles. The van der Waals surface area contributed by atoms with E-state index >= 15 is 0 Å². The van der Waals surface area contributed by atoms with Crippen molar-refractivity contribution < 1.29 is 23.1 Å². The van der Waals surface area contributed by atoms with Crippen molar-refractivity contribution >= 4 is 62.8 Å². The number of benzene rings is 2. The molecule has 2 amide bonds. The summed E-state index contributed by atoms with van der Waals surface area (Å²) in [5.41, 5.74) is 0.736. The number of anilines is 1. The first kappa shape index (κ1) is 29.7. The minimum Gasteiger partial charge on any atom is -0.443 e. The zero-order chi connectivity index (χ0) is 30.5. The largest absolute Gasteiger partial charge is 0.443 e. The smallest absolute Gasteiger partial charge is 0.415 e. The van der Waals surface area contributed by atoms with E-state index in [1.807, 2.05) is 0 Å². The minimum absolute atomic E-state index is 0.0209. The normalized spacial score (nSPS) is 14.0. The Hall–Kier alpha value is -3.74. The Labute approximate surface area is 253 Å². The lowest BCUT2D eigenvalue weighted by atomic mass is 10.0. The molecule has 1 aliphatic rings. The Morgan fingerprint density at radius 2 is 1.86 bits per heavy atom. The van der Waals surface area contributed by atoms with E-state index in [4.69, 9.17) is 32.5 Å². The second kappa shape index (κ2) is 11.2. The van der Waals surface area contributed by atoms with Crippen molar-refractivity contribution in [2.75, 3.05) is 24.7 Å². The molecule has 0 saturated carbocycles. The summed E-state index contributed by atoms with van der Waals surface area (Å²) in [6.45, 7) is 5.62. The van der Waals surface area contributed by atoms with Gasteiger partial charge in [-0.2, -0.15) is 0 Å². The van der Waals surface area contributed by atoms with Crippen molar-refractivity contribution in [1.82, 2.24) is 19.6 Å². The Kier molecular flexibility index (Phi) is 7.90. The third-order valence-corrected chi connectivity index (χ3v) is 8.12. The van der Waals surface area contributed by atoms with Gasteiger partial charge < -0.3 is 14.2 Å². The third-order valence-electron chi connectivity index (χ3n) is 6.59. The Morgan fingerprint density at radius 3 is 2.52 bits per heavy atom. The number of hydrogen-bond donors (Lipinski definition) is 0. The van der Waals surface area contributed by atoms with Crippen LogP contribution < -0.4 is 10.5 Å². The lowest BCUT2D eigenvalue weighted by Crippen LogP contribution is -2.41. The number of aromatic nitrogens is 3. The van der Waals surface area contributed by atoms with Crippen LogP contribution in [0.25, 0.3) is 16.7 Å². The number of carbonyl (C=O) groups excluding carboxylic acids is 2. The second-order valence-electron chi connectivity index (χ2n) is 10.7. The van der Waals surface area contributed by atoms with Gasteiger partial charge in [0.2, 0.25) is 5.16 Å². The number of rotatable bonds is 4. The summed E-state index contributed by atoms with van der Waals surface area (Å²) in [6.07, 6.45) is 1.07. The van der Waals surface area contributed by atoms with Crippen LogP contribution in [0.15, 0.2) is 50.9 Å². The lowest BCUT2D eigenvalue weighted by molar-refractivity contribution is 0.0587. The fraction of sp³-hybridized carbons (Fsp3) is 0.321. The van der Waals surface area contributed by atoms with Gasteiger partial charge in [-0.25, -0.2) is 9.78 Å². The highest BCUT2D eigenvalue weighted by Gasteiger charge is 2.29. The van der Waals surface area contributed by atoms with Crippen molar-refractivity contribution in [2.24, 2.45) is 0 Å². The first-order valence-corrected chi connectivity index (χ1v) is 15.2. The van der Waals surface area contributed by atoms with E-state index < -0.39 is 28.1 Å². The van der Waals surface area contributed by atoms with Gasteiger partial charge in [-0.1, -0.05) is 28.4 Å². The summed E-state index contributed by atoms with van der Waals surface area (Å²) in [5.74, 6) is -0.0416. The van der Waals surface area contributed by atoms with Crippen LogP contribution in [0.4, 0.5) is 10.6 Å². The monoisotopic (exact) mass is 631 g/mol. The summed E-state index contributed by atoms with van der Waals surface area (Å²) in [4.78, 5) is 46.9. The maximum Gasteiger partial charge on any atom is 0.415 e. The van der Waals surface area contributed by atoms with Crippen molar-refractivity contribution in [3.05, 3.63) is 73.6 Å². The highest BCUT2D eigenvalue weighted by Crippen LogP contribution is 2.30. The zero-order valence-electron chi connectivity index (χ0n) is 23.4. The van der Waals surface area contributed by atoms with Gasteiger partial charge in [-0.3, -0.25) is 23.3 Å². The van der Waals surface area contributed by atoms with E-state index in [-0.39, 0.29) is 41.4 Å². The molecule has 5 rings (SSSR count). The van der Waals surface area contributed by atoms with Crippen molar-refractivity contribution in [3.63, 3.8) is 0 Å². The molecule has 0 radical (unpaired) electrons. The summed E-state index contributed by atoms with van der Waals surface area (Å²) in [6, 6.07) is 9.50. The highest BCUT2D eigenvalue weighted by atomic mass is 35.5. The van der Waals surface area contributed by atoms with Crippen LogP contribution in [0.5, 0.6) is 0 Å². The predicted octanol–water partition coefficient (Wildman–Crippen LogP) is 4.99. The van der Waals surface area contributed by atoms with Gasteiger partial charge in [0, 0.05) is 37.0 Å². The molecule has 4 aromatic rings. The van der Waals surface area contributed by atoms with Gasteiger partial charge in [0.1, 0.15) is 5.60 Å². The fourth-order valence-corrected chi connectivity index (χ4v) is 5.57. The van der Waals surface area contributed by atoms with Crippen LogP contribution in [0, 0.1) is 0 Å². The number of carbonyl (C=O) groups is 2. The quantitative estimate of drug-likeness (QED) is 0.288. The molecule has 0 saturated heterocycles. The Morgan fingerprint density at radius 1 is 1.12 bits per heavy atom. The summed E-state index contributed by atoms with van der Waals surface area (Å²) < 4.78 is 25.0. The topological polar surface area (TPSA) is 128 Å². The Balaban J connectivity index is 1.49. The Bertz CT molecular complexity index is 1830. The van der Waals surface area contributed by atoms with E-state index in [1.165, 1.54) is 28.8 Å². The average molecular weight is 633 g/mol. The van der Waals surface area contributed by atoms with Crippen LogP contribution in [-0.4, -0.2) is 61.3 Å². The van der Waals surface area contributed by atoms with Crippen molar-refractivity contribution in [3.8, 4) is 5.69 Å². The van der Waals surface area contributed by atoms with Crippen LogP contribution in [-0.2, 0) is 28.5 Å². The third kappa shape index (κ3) is 5.66. The molecule has 0 aliphatic carbocycles. The molecule has 1 unspecified atom stereocenters. The van der Waals surface area contributed by atoms with E-state index in [2.05, 4.69) is 10.1 Å². The number of hydrogen-bond acceptors (Lipinski definition) is 8. The number of fused-ring (bicyclic) bond motifs is 2. The van der Waals surface area contributed by atoms with Gasteiger partial charge in [0.15, 0.2) is 11.4 Å². The summed E-state index contributed by atoms with van der Waals surface area (Å²) in [5, 5.41) is 5.16. The molecule has 1 aliphatic heterocycles. The number of amides is 2. The minimum atomic E-state index is -1.66. The zero-order valence-corrected chi connectivity index (χ0v) is 25.8.